The first kappa shape index (κ1) is 17.7. The highest BCUT2D eigenvalue weighted by Gasteiger charge is 2.25. The molecule has 0 N–H and O–H groups in total. The lowest BCUT2D eigenvalue weighted by molar-refractivity contribution is -0.384. The molecule has 0 aliphatic carbocycles. The molecule has 0 saturated heterocycles. The molecule has 0 spiro atoms. The second kappa shape index (κ2) is 6.84. The fourth-order valence-corrected chi connectivity index (χ4v) is 3.90. The minimum atomic E-state index is -3.85. The van der Waals surface area contributed by atoms with Gasteiger partial charge < -0.3 is 0 Å². The summed E-state index contributed by atoms with van der Waals surface area (Å²) < 4.78 is 27.1. The molecule has 0 heterocycles. The molecule has 7 heteroatoms. The Bertz CT molecular complexity index is 874. The predicted molar refractivity (Wildman–Crippen MR) is 93.7 cm³/mol. The molecule has 0 radical (unpaired) electrons. The number of anilines is 1. The number of nitro benzene ring substituents is 1. The largest absolute Gasteiger partial charge is 0.269 e. The SMILES string of the molecule is C=CCN(c1ccc(C)cc1C)S(=O)(=O)c1ccc([N+](=O)[O-])cc1. The molecule has 0 unspecified atom stereocenters. The van der Waals surface area contributed by atoms with Gasteiger partial charge in [0, 0.05) is 12.1 Å². The standard InChI is InChI=1S/C17H18N2O4S/c1-4-11-18(17-10-5-13(2)12-14(17)3)24(22,23)16-8-6-15(7-9-16)19(20)21/h4-10,12H,1,11H2,2-3H3. The summed E-state index contributed by atoms with van der Waals surface area (Å²) in [6.45, 7) is 7.49. The fourth-order valence-electron chi connectivity index (χ4n) is 2.40. The predicted octanol–water partition coefficient (Wildman–Crippen LogP) is 3.59. The van der Waals surface area contributed by atoms with E-state index in [0.29, 0.717) is 5.69 Å². The van der Waals surface area contributed by atoms with Crippen molar-refractivity contribution >= 4 is 21.4 Å². The van der Waals surface area contributed by atoms with Crippen LogP contribution >= 0.6 is 0 Å². The highest BCUT2D eigenvalue weighted by atomic mass is 32.2. The Kier molecular flexibility index (Phi) is 5.04. The summed E-state index contributed by atoms with van der Waals surface area (Å²) in [5.74, 6) is 0. The van der Waals surface area contributed by atoms with Crippen molar-refractivity contribution in [2.45, 2.75) is 18.7 Å². The van der Waals surface area contributed by atoms with Crippen LogP contribution in [-0.2, 0) is 10.0 Å². The van der Waals surface area contributed by atoms with Crippen LogP contribution in [0.5, 0.6) is 0 Å². The molecule has 2 aromatic rings. The molecule has 2 aromatic carbocycles. The van der Waals surface area contributed by atoms with Crippen LogP contribution in [0.25, 0.3) is 0 Å². The van der Waals surface area contributed by atoms with Gasteiger partial charge in [-0.3, -0.25) is 14.4 Å². The van der Waals surface area contributed by atoms with Gasteiger partial charge in [-0.05, 0) is 37.6 Å². The molecule has 0 bridgehead atoms. The van der Waals surface area contributed by atoms with E-state index in [9.17, 15) is 18.5 Å². The summed E-state index contributed by atoms with van der Waals surface area (Å²) in [4.78, 5) is 10.2. The maximum Gasteiger partial charge on any atom is 0.269 e. The van der Waals surface area contributed by atoms with Gasteiger partial charge in [-0.1, -0.05) is 23.8 Å². The average Bonchev–Trinajstić information content (AvgIpc) is 2.53. The number of nitro groups is 1. The van der Waals surface area contributed by atoms with Crippen LogP contribution in [-0.4, -0.2) is 19.9 Å². The molecule has 0 fully saturated rings. The van der Waals surface area contributed by atoms with E-state index >= 15 is 0 Å². The second-order valence-electron chi connectivity index (χ2n) is 5.37. The molecular formula is C17H18N2O4S. The molecule has 6 nitrogen and oxygen atoms in total. The van der Waals surface area contributed by atoms with Crippen LogP contribution in [0.3, 0.4) is 0 Å². The summed E-state index contributed by atoms with van der Waals surface area (Å²) in [5, 5.41) is 10.7. The third kappa shape index (κ3) is 3.46. The van der Waals surface area contributed by atoms with Gasteiger partial charge in [0.2, 0.25) is 0 Å². The molecule has 0 aliphatic heterocycles. The van der Waals surface area contributed by atoms with E-state index in [1.165, 1.54) is 34.6 Å². The first-order chi connectivity index (χ1) is 11.3. The lowest BCUT2D eigenvalue weighted by Crippen LogP contribution is -2.31. The van der Waals surface area contributed by atoms with Crippen molar-refractivity contribution in [2.75, 3.05) is 10.8 Å². The maximum absolute atomic E-state index is 12.9. The Balaban J connectivity index is 2.52. The quantitative estimate of drug-likeness (QED) is 0.455. The number of hydrogen-bond acceptors (Lipinski definition) is 4. The molecule has 0 aliphatic rings. The highest BCUT2D eigenvalue weighted by Crippen LogP contribution is 2.28. The Labute approximate surface area is 141 Å². The zero-order valence-electron chi connectivity index (χ0n) is 13.5. The topological polar surface area (TPSA) is 80.5 Å². The number of aryl methyl sites for hydroxylation is 2. The zero-order chi connectivity index (χ0) is 17.9. The average molecular weight is 346 g/mol. The summed E-state index contributed by atoms with van der Waals surface area (Å²) in [6, 6.07) is 10.3. The minimum Gasteiger partial charge on any atom is -0.262 e. The molecule has 0 atom stereocenters. The second-order valence-corrected chi connectivity index (χ2v) is 7.23. The Hall–Kier alpha value is -2.67. The van der Waals surface area contributed by atoms with Crippen molar-refractivity contribution in [1.29, 1.82) is 0 Å². The van der Waals surface area contributed by atoms with Gasteiger partial charge in [0.15, 0.2) is 0 Å². The Morgan fingerprint density at radius 3 is 2.29 bits per heavy atom. The fraction of sp³-hybridized carbons (Fsp3) is 0.176. The third-order valence-corrected chi connectivity index (χ3v) is 5.35. The van der Waals surface area contributed by atoms with Crippen molar-refractivity contribution in [2.24, 2.45) is 0 Å². The number of sulfonamides is 1. The lowest BCUT2D eigenvalue weighted by atomic mass is 10.1. The monoisotopic (exact) mass is 346 g/mol. The molecule has 2 rings (SSSR count). The van der Waals surface area contributed by atoms with Crippen LogP contribution in [0.4, 0.5) is 11.4 Å². The molecule has 126 valence electrons. The van der Waals surface area contributed by atoms with E-state index in [1.54, 1.807) is 6.07 Å². The van der Waals surface area contributed by atoms with Crippen molar-refractivity contribution in [3.05, 3.63) is 76.4 Å². The number of non-ortho nitro benzene ring substituents is 1. The normalized spacial score (nSPS) is 11.1. The Morgan fingerprint density at radius 2 is 1.79 bits per heavy atom. The summed E-state index contributed by atoms with van der Waals surface area (Å²) in [6.07, 6.45) is 1.50. The van der Waals surface area contributed by atoms with Gasteiger partial charge in [0.05, 0.1) is 22.1 Å². The van der Waals surface area contributed by atoms with Crippen LogP contribution in [0.2, 0.25) is 0 Å². The van der Waals surface area contributed by atoms with Crippen LogP contribution in [0, 0.1) is 24.0 Å². The maximum atomic E-state index is 12.9. The van der Waals surface area contributed by atoms with Crippen LogP contribution < -0.4 is 4.31 Å². The molecular weight excluding hydrogens is 328 g/mol. The first-order valence-corrected chi connectivity index (χ1v) is 8.66. The van der Waals surface area contributed by atoms with Crippen molar-refractivity contribution < 1.29 is 13.3 Å². The van der Waals surface area contributed by atoms with E-state index in [4.69, 9.17) is 0 Å². The van der Waals surface area contributed by atoms with Crippen LogP contribution in [0.15, 0.2) is 60.0 Å². The van der Waals surface area contributed by atoms with Gasteiger partial charge in [0.25, 0.3) is 15.7 Å². The van der Waals surface area contributed by atoms with E-state index in [-0.39, 0.29) is 17.1 Å². The van der Waals surface area contributed by atoms with E-state index < -0.39 is 14.9 Å². The number of hydrogen-bond donors (Lipinski definition) is 0. The van der Waals surface area contributed by atoms with E-state index in [0.717, 1.165) is 11.1 Å². The number of benzene rings is 2. The molecule has 0 amide bonds. The van der Waals surface area contributed by atoms with Crippen molar-refractivity contribution in [3.8, 4) is 0 Å². The summed E-state index contributed by atoms with van der Waals surface area (Å²) in [5.41, 5.74) is 2.25. The van der Waals surface area contributed by atoms with Gasteiger partial charge in [-0.2, -0.15) is 0 Å². The van der Waals surface area contributed by atoms with Crippen LogP contribution in [0.1, 0.15) is 11.1 Å². The van der Waals surface area contributed by atoms with Gasteiger partial charge >= 0.3 is 0 Å². The minimum absolute atomic E-state index is 0.00470. The number of nitrogens with zero attached hydrogens (tertiary/aromatic N) is 2. The summed E-state index contributed by atoms with van der Waals surface area (Å²) >= 11 is 0. The third-order valence-electron chi connectivity index (χ3n) is 3.55. The van der Waals surface area contributed by atoms with Crippen molar-refractivity contribution in [1.82, 2.24) is 0 Å². The summed E-state index contributed by atoms with van der Waals surface area (Å²) in [7, 11) is -3.85. The molecule has 24 heavy (non-hydrogen) atoms. The van der Waals surface area contributed by atoms with Gasteiger partial charge in [-0.25, -0.2) is 8.42 Å². The van der Waals surface area contributed by atoms with Crippen molar-refractivity contribution in [3.63, 3.8) is 0 Å². The smallest absolute Gasteiger partial charge is 0.262 e. The highest BCUT2D eigenvalue weighted by molar-refractivity contribution is 7.92. The zero-order valence-corrected chi connectivity index (χ0v) is 14.3. The number of rotatable bonds is 6. The Morgan fingerprint density at radius 1 is 1.17 bits per heavy atom. The lowest BCUT2D eigenvalue weighted by Gasteiger charge is -2.25. The van der Waals surface area contributed by atoms with E-state index in [1.807, 2.05) is 26.0 Å². The first-order valence-electron chi connectivity index (χ1n) is 7.22. The van der Waals surface area contributed by atoms with Gasteiger partial charge in [-0.15, -0.1) is 6.58 Å². The van der Waals surface area contributed by atoms with E-state index in [2.05, 4.69) is 6.58 Å². The molecule has 0 saturated carbocycles. The molecule has 0 aromatic heterocycles. The van der Waals surface area contributed by atoms with Gasteiger partial charge in [0.1, 0.15) is 0 Å².